The molecule has 2 unspecified atom stereocenters. The summed E-state index contributed by atoms with van der Waals surface area (Å²) in [5.41, 5.74) is 1.01. The van der Waals surface area contributed by atoms with Crippen LogP contribution in [0.15, 0.2) is 12.4 Å². The Bertz CT molecular complexity index is 354. The van der Waals surface area contributed by atoms with Crippen molar-refractivity contribution in [3.63, 3.8) is 0 Å². The van der Waals surface area contributed by atoms with E-state index in [1.54, 1.807) is 19.5 Å². The van der Waals surface area contributed by atoms with Crippen LogP contribution in [0.1, 0.15) is 44.2 Å². The largest absolute Gasteiger partial charge is 0.480 e. The number of likely N-dealkylation sites (N-methyl/N-ethyl adjacent to an activating group) is 1. The van der Waals surface area contributed by atoms with E-state index in [0.29, 0.717) is 17.8 Å². The molecule has 1 aromatic heterocycles. The highest BCUT2D eigenvalue weighted by Crippen LogP contribution is 2.35. The second kappa shape index (κ2) is 5.96. The van der Waals surface area contributed by atoms with Gasteiger partial charge >= 0.3 is 0 Å². The Morgan fingerprint density at radius 2 is 2.06 bits per heavy atom. The minimum Gasteiger partial charge on any atom is -0.480 e. The molecule has 94 valence electrons. The van der Waals surface area contributed by atoms with Gasteiger partial charge in [0.05, 0.1) is 7.11 Å². The highest BCUT2D eigenvalue weighted by molar-refractivity contribution is 5.24. The first kappa shape index (κ1) is 12.3. The van der Waals surface area contributed by atoms with Crippen LogP contribution in [0, 0.1) is 0 Å². The maximum absolute atomic E-state index is 5.32. The maximum Gasteiger partial charge on any atom is 0.235 e. The van der Waals surface area contributed by atoms with E-state index >= 15 is 0 Å². The van der Waals surface area contributed by atoms with E-state index < -0.39 is 0 Å². The van der Waals surface area contributed by atoms with Crippen LogP contribution in [0.4, 0.5) is 0 Å². The van der Waals surface area contributed by atoms with Gasteiger partial charge in [0.25, 0.3) is 0 Å². The first-order valence-electron chi connectivity index (χ1n) is 6.45. The van der Waals surface area contributed by atoms with Crippen molar-refractivity contribution in [1.82, 2.24) is 15.3 Å². The molecule has 0 saturated heterocycles. The summed E-state index contributed by atoms with van der Waals surface area (Å²) in [6, 6.07) is 0.513. The highest BCUT2D eigenvalue weighted by Gasteiger charge is 2.29. The molecule has 2 atom stereocenters. The Balaban J connectivity index is 2.22. The number of nitrogens with one attached hydrogen (secondary N) is 1. The molecule has 0 aromatic carbocycles. The summed E-state index contributed by atoms with van der Waals surface area (Å²) in [6.07, 6.45) is 8.41. The Labute approximate surface area is 103 Å². The van der Waals surface area contributed by atoms with Crippen molar-refractivity contribution in [2.24, 2.45) is 0 Å². The third-order valence-corrected chi connectivity index (χ3v) is 3.47. The molecule has 1 heterocycles. The van der Waals surface area contributed by atoms with Gasteiger partial charge in [-0.1, -0.05) is 19.8 Å². The van der Waals surface area contributed by atoms with Crippen LogP contribution in [0.5, 0.6) is 5.88 Å². The lowest BCUT2D eigenvalue weighted by Gasteiger charge is -2.32. The molecule has 1 N–H and O–H groups in total. The third kappa shape index (κ3) is 2.75. The molecule has 0 bridgehead atoms. The molecule has 1 saturated carbocycles. The van der Waals surface area contributed by atoms with Crippen LogP contribution in [0.2, 0.25) is 0 Å². The third-order valence-electron chi connectivity index (χ3n) is 3.47. The molecule has 0 radical (unpaired) electrons. The van der Waals surface area contributed by atoms with E-state index in [1.165, 1.54) is 25.7 Å². The smallest absolute Gasteiger partial charge is 0.235 e. The Hall–Kier alpha value is -1.16. The number of hydrogen-bond donors (Lipinski definition) is 1. The fourth-order valence-electron chi connectivity index (χ4n) is 2.71. The van der Waals surface area contributed by atoms with Gasteiger partial charge in [-0.15, -0.1) is 0 Å². The van der Waals surface area contributed by atoms with Gasteiger partial charge in [-0.25, -0.2) is 4.98 Å². The zero-order valence-electron chi connectivity index (χ0n) is 10.6. The fraction of sp³-hybridized carbons (Fsp3) is 0.692. The van der Waals surface area contributed by atoms with Crippen molar-refractivity contribution in [3.05, 3.63) is 18.1 Å². The molecule has 0 spiro atoms. The summed E-state index contributed by atoms with van der Waals surface area (Å²) >= 11 is 0. The van der Waals surface area contributed by atoms with Crippen LogP contribution in [-0.4, -0.2) is 29.7 Å². The fourth-order valence-corrected chi connectivity index (χ4v) is 2.71. The number of methoxy groups -OCH3 is 1. The first-order chi connectivity index (χ1) is 8.36. The molecule has 1 aliphatic rings. The van der Waals surface area contributed by atoms with Gasteiger partial charge in [0, 0.05) is 24.4 Å². The van der Waals surface area contributed by atoms with Gasteiger partial charge in [0.15, 0.2) is 0 Å². The summed E-state index contributed by atoms with van der Waals surface area (Å²) in [4.78, 5) is 8.73. The van der Waals surface area contributed by atoms with Crippen LogP contribution in [-0.2, 0) is 0 Å². The van der Waals surface area contributed by atoms with Gasteiger partial charge in [0.2, 0.25) is 5.88 Å². The second-order valence-electron chi connectivity index (χ2n) is 4.51. The lowest BCUT2D eigenvalue weighted by molar-refractivity contribution is 0.311. The van der Waals surface area contributed by atoms with Crippen LogP contribution in [0.25, 0.3) is 0 Å². The summed E-state index contributed by atoms with van der Waals surface area (Å²) in [6.45, 7) is 3.16. The van der Waals surface area contributed by atoms with Gasteiger partial charge in [-0.2, -0.15) is 0 Å². The van der Waals surface area contributed by atoms with Gasteiger partial charge in [-0.3, -0.25) is 4.98 Å². The van der Waals surface area contributed by atoms with Crippen molar-refractivity contribution in [2.75, 3.05) is 13.7 Å². The topological polar surface area (TPSA) is 47.0 Å². The molecule has 0 amide bonds. The molecule has 4 nitrogen and oxygen atoms in total. The lowest BCUT2D eigenvalue weighted by atomic mass is 9.82. The normalized spacial score (nSPS) is 24.6. The summed E-state index contributed by atoms with van der Waals surface area (Å²) in [5.74, 6) is 1.12. The monoisotopic (exact) mass is 235 g/mol. The van der Waals surface area contributed by atoms with Crippen molar-refractivity contribution in [2.45, 2.75) is 44.6 Å². The van der Waals surface area contributed by atoms with Crippen molar-refractivity contribution < 1.29 is 4.74 Å². The van der Waals surface area contributed by atoms with E-state index in [2.05, 4.69) is 22.2 Å². The molecular weight excluding hydrogens is 214 g/mol. The molecule has 2 rings (SSSR count). The summed E-state index contributed by atoms with van der Waals surface area (Å²) in [5, 5.41) is 3.56. The summed E-state index contributed by atoms with van der Waals surface area (Å²) in [7, 11) is 1.67. The van der Waals surface area contributed by atoms with Crippen molar-refractivity contribution in [1.29, 1.82) is 0 Å². The second-order valence-corrected chi connectivity index (χ2v) is 4.51. The maximum atomic E-state index is 5.32. The average molecular weight is 235 g/mol. The predicted octanol–water partition coefficient (Wildman–Crippen LogP) is 2.12. The number of hydrogen-bond acceptors (Lipinski definition) is 4. The van der Waals surface area contributed by atoms with E-state index in [9.17, 15) is 0 Å². The molecule has 1 aliphatic carbocycles. The standard InChI is InChI=1S/C13H21N3O/c1-3-14-11-7-5-4-6-10(11)12-13(17-2)16-9-8-15-12/h8-11,14H,3-7H2,1-2H3. The van der Waals surface area contributed by atoms with Gasteiger partial charge < -0.3 is 10.1 Å². The van der Waals surface area contributed by atoms with E-state index in [-0.39, 0.29) is 0 Å². The Morgan fingerprint density at radius 3 is 2.82 bits per heavy atom. The number of ether oxygens (including phenoxy) is 1. The van der Waals surface area contributed by atoms with Crippen molar-refractivity contribution in [3.8, 4) is 5.88 Å². The Kier molecular flexibility index (Phi) is 4.31. The van der Waals surface area contributed by atoms with Crippen molar-refractivity contribution >= 4 is 0 Å². The van der Waals surface area contributed by atoms with Gasteiger partial charge in [0.1, 0.15) is 5.69 Å². The van der Waals surface area contributed by atoms with Crippen LogP contribution < -0.4 is 10.1 Å². The molecule has 17 heavy (non-hydrogen) atoms. The number of nitrogens with zero attached hydrogens (tertiary/aromatic N) is 2. The highest BCUT2D eigenvalue weighted by atomic mass is 16.5. The summed E-state index contributed by atoms with van der Waals surface area (Å²) < 4.78 is 5.32. The minimum absolute atomic E-state index is 0.437. The Morgan fingerprint density at radius 1 is 1.29 bits per heavy atom. The average Bonchev–Trinajstić information content (AvgIpc) is 2.40. The SMILES string of the molecule is CCNC1CCCCC1c1nccnc1OC. The number of aromatic nitrogens is 2. The first-order valence-corrected chi connectivity index (χ1v) is 6.45. The zero-order chi connectivity index (χ0) is 12.1. The predicted molar refractivity (Wildman–Crippen MR) is 67.3 cm³/mol. The zero-order valence-corrected chi connectivity index (χ0v) is 10.6. The van der Waals surface area contributed by atoms with Gasteiger partial charge in [-0.05, 0) is 19.4 Å². The molecular formula is C13H21N3O. The lowest BCUT2D eigenvalue weighted by Crippen LogP contribution is -2.37. The number of rotatable bonds is 4. The minimum atomic E-state index is 0.437. The van der Waals surface area contributed by atoms with E-state index in [0.717, 1.165) is 12.2 Å². The van der Waals surface area contributed by atoms with E-state index in [4.69, 9.17) is 4.74 Å². The van der Waals surface area contributed by atoms with Crippen LogP contribution >= 0.6 is 0 Å². The van der Waals surface area contributed by atoms with E-state index in [1.807, 2.05) is 0 Å². The van der Waals surface area contributed by atoms with Crippen LogP contribution in [0.3, 0.4) is 0 Å². The quantitative estimate of drug-likeness (QED) is 0.868. The molecule has 1 fully saturated rings. The molecule has 1 aromatic rings. The molecule has 4 heteroatoms. The molecule has 0 aliphatic heterocycles.